The van der Waals surface area contributed by atoms with E-state index in [1.165, 1.54) is 12.1 Å². The van der Waals surface area contributed by atoms with E-state index in [0.717, 1.165) is 12.8 Å². The minimum atomic E-state index is -0.448. The van der Waals surface area contributed by atoms with Gasteiger partial charge in [0.05, 0.1) is 5.56 Å². The molecule has 1 aliphatic rings. The minimum absolute atomic E-state index is 0.157. The van der Waals surface area contributed by atoms with Gasteiger partial charge in [-0.1, -0.05) is 28.1 Å². The Bertz CT molecular complexity index is 418. The number of rotatable bonds is 3. The fraction of sp³-hybridized carbons (Fsp3) is 0.462. The number of alkyl halides is 1. The Hall–Kier alpha value is -0.900. The number of carbonyl (C=O) groups is 1. The van der Waals surface area contributed by atoms with Crippen LogP contribution in [-0.2, 0) is 0 Å². The van der Waals surface area contributed by atoms with Gasteiger partial charge >= 0.3 is 0 Å². The van der Waals surface area contributed by atoms with Crippen molar-refractivity contribution in [1.29, 1.82) is 0 Å². The zero-order valence-electron chi connectivity index (χ0n) is 9.70. The molecule has 1 aromatic carbocycles. The smallest absolute Gasteiger partial charge is 0.256 e. The molecule has 0 spiro atoms. The summed E-state index contributed by atoms with van der Waals surface area (Å²) in [7, 11) is 1.73. The Labute approximate surface area is 109 Å². The molecular weight excluding hydrogens is 285 g/mol. The van der Waals surface area contributed by atoms with Crippen LogP contribution in [0.1, 0.15) is 23.2 Å². The first-order valence-electron chi connectivity index (χ1n) is 5.72. The molecule has 4 heteroatoms. The van der Waals surface area contributed by atoms with E-state index in [9.17, 15) is 9.18 Å². The molecule has 0 unspecified atom stereocenters. The van der Waals surface area contributed by atoms with Gasteiger partial charge in [-0.3, -0.25) is 4.79 Å². The van der Waals surface area contributed by atoms with Crippen LogP contribution in [0.25, 0.3) is 0 Å². The van der Waals surface area contributed by atoms with Gasteiger partial charge in [0.1, 0.15) is 5.82 Å². The molecule has 1 aliphatic carbocycles. The maximum Gasteiger partial charge on any atom is 0.256 e. The molecule has 0 aliphatic heterocycles. The van der Waals surface area contributed by atoms with Crippen LogP contribution in [-0.4, -0.2) is 29.2 Å². The van der Waals surface area contributed by atoms with E-state index < -0.39 is 5.82 Å². The van der Waals surface area contributed by atoms with Crippen molar-refractivity contribution in [1.82, 2.24) is 4.90 Å². The first-order chi connectivity index (χ1) is 8.08. The molecule has 0 N–H and O–H groups in total. The summed E-state index contributed by atoms with van der Waals surface area (Å²) in [5.74, 6) is -0.141. The van der Waals surface area contributed by atoms with Crippen molar-refractivity contribution >= 4 is 21.8 Å². The largest absolute Gasteiger partial charge is 0.341 e. The van der Waals surface area contributed by atoms with Gasteiger partial charge in [0.15, 0.2) is 0 Å². The molecule has 2 nitrogen and oxygen atoms in total. The van der Waals surface area contributed by atoms with Crippen LogP contribution >= 0.6 is 15.9 Å². The van der Waals surface area contributed by atoms with Crippen molar-refractivity contribution in [2.24, 2.45) is 5.92 Å². The van der Waals surface area contributed by atoms with Crippen molar-refractivity contribution in [2.45, 2.75) is 17.7 Å². The summed E-state index contributed by atoms with van der Waals surface area (Å²) in [6, 6.07) is 6.12. The van der Waals surface area contributed by atoms with E-state index in [0.29, 0.717) is 17.3 Å². The molecule has 1 fully saturated rings. The van der Waals surface area contributed by atoms with E-state index in [1.807, 2.05) is 0 Å². The van der Waals surface area contributed by atoms with Crippen molar-refractivity contribution in [3.63, 3.8) is 0 Å². The minimum Gasteiger partial charge on any atom is -0.341 e. The molecule has 1 saturated carbocycles. The van der Waals surface area contributed by atoms with Gasteiger partial charge in [-0.15, -0.1) is 0 Å². The fourth-order valence-corrected chi connectivity index (χ4v) is 3.17. The molecule has 2 rings (SSSR count). The number of hydrogen-bond acceptors (Lipinski definition) is 1. The lowest BCUT2D eigenvalue weighted by molar-refractivity contribution is 0.0744. The van der Waals surface area contributed by atoms with Crippen LogP contribution in [0.15, 0.2) is 24.3 Å². The maximum atomic E-state index is 13.4. The summed E-state index contributed by atoms with van der Waals surface area (Å²) in [6.07, 6.45) is 2.18. The monoisotopic (exact) mass is 299 g/mol. The van der Waals surface area contributed by atoms with E-state index in [2.05, 4.69) is 15.9 Å². The van der Waals surface area contributed by atoms with E-state index in [-0.39, 0.29) is 11.5 Å². The number of hydrogen-bond donors (Lipinski definition) is 0. The van der Waals surface area contributed by atoms with Crippen LogP contribution in [0, 0.1) is 11.7 Å². The molecule has 92 valence electrons. The molecular formula is C13H15BrFNO. The number of benzene rings is 1. The van der Waals surface area contributed by atoms with Gasteiger partial charge in [-0.25, -0.2) is 4.39 Å². The van der Waals surface area contributed by atoms with Gasteiger partial charge in [0.25, 0.3) is 5.91 Å². The summed E-state index contributed by atoms with van der Waals surface area (Å²) in [5, 5.41) is 0. The van der Waals surface area contributed by atoms with Crippen molar-refractivity contribution in [2.75, 3.05) is 13.6 Å². The highest BCUT2D eigenvalue weighted by Gasteiger charge is 2.29. The second kappa shape index (κ2) is 5.17. The van der Waals surface area contributed by atoms with Crippen LogP contribution < -0.4 is 0 Å². The van der Waals surface area contributed by atoms with Gasteiger partial charge < -0.3 is 4.90 Å². The Kier molecular flexibility index (Phi) is 3.82. The average molecular weight is 300 g/mol. The lowest BCUT2D eigenvalue weighted by atomic mass is 9.85. The zero-order chi connectivity index (χ0) is 12.4. The Morgan fingerprint density at radius 3 is 2.71 bits per heavy atom. The highest BCUT2D eigenvalue weighted by Crippen LogP contribution is 2.33. The third-order valence-electron chi connectivity index (χ3n) is 3.16. The Morgan fingerprint density at radius 1 is 1.47 bits per heavy atom. The molecule has 17 heavy (non-hydrogen) atoms. The number of halogens is 2. The first kappa shape index (κ1) is 12.6. The number of amides is 1. The quantitative estimate of drug-likeness (QED) is 0.786. The van der Waals surface area contributed by atoms with Crippen LogP contribution in [0.3, 0.4) is 0 Å². The van der Waals surface area contributed by atoms with E-state index in [1.54, 1.807) is 24.1 Å². The molecule has 0 aromatic heterocycles. The van der Waals surface area contributed by atoms with E-state index >= 15 is 0 Å². The van der Waals surface area contributed by atoms with Crippen LogP contribution in [0.4, 0.5) is 4.39 Å². The van der Waals surface area contributed by atoms with Crippen molar-refractivity contribution < 1.29 is 9.18 Å². The van der Waals surface area contributed by atoms with Crippen molar-refractivity contribution in [3.05, 3.63) is 35.6 Å². The fourth-order valence-electron chi connectivity index (χ4n) is 2.11. The molecule has 0 atom stereocenters. The van der Waals surface area contributed by atoms with Gasteiger partial charge in [-0.05, 0) is 30.9 Å². The summed E-state index contributed by atoms with van der Waals surface area (Å²) >= 11 is 3.52. The molecule has 0 radical (unpaired) electrons. The lowest BCUT2D eigenvalue weighted by Gasteiger charge is -2.34. The molecule has 1 aromatic rings. The third kappa shape index (κ3) is 2.86. The molecule has 0 saturated heterocycles. The first-order valence-corrected chi connectivity index (χ1v) is 6.63. The maximum absolute atomic E-state index is 13.4. The SMILES string of the molecule is CN(CC1CC(Br)C1)C(=O)c1ccccc1F. The second-order valence-corrected chi connectivity index (χ2v) is 5.90. The standard InChI is InChI=1S/C13H15BrFNO/c1-16(8-9-6-10(14)7-9)13(17)11-4-2-3-5-12(11)15/h2-5,9-10H,6-8H2,1H3. The lowest BCUT2D eigenvalue weighted by Crippen LogP contribution is -2.38. The molecule has 1 amide bonds. The summed E-state index contributed by atoms with van der Waals surface area (Å²) < 4.78 is 13.4. The van der Waals surface area contributed by atoms with Crippen molar-refractivity contribution in [3.8, 4) is 0 Å². The topological polar surface area (TPSA) is 20.3 Å². The van der Waals surface area contributed by atoms with Crippen LogP contribution in [0.2, 0.25) is 0 Å². The molecule has 0 bridgehead atoms. The third-order valence-corrected chi connectivity index (χ3v) is 3.91. The Balaban J connectivity index is 1.97. The predicted octanol–water partition coefficient (Wildman–Crippen LogP) is 3.07. The highest BCUT2D eigenvalue weighted by molar-refractivity contribution is 9.09. The molecule has 0 heterocycles. The summed E-state index contributed by atoms with van der Waals surface area (Å²) in [5.41, 5.74) is 0.157. The number of carbonyl (C=O) groups excluding carboxylic acids is 1. The summed E-state index contributed by atoms with van der Waals surface area (Å²) in [6.45, 7) is 0.704. The van der Waals surface area contributed by atoms with Gasteiger partial charge in [-0.2, -0.15) is 0 Å². The van der Waals surface area contributed by atoms with E-state index in [4.69, 9.17) is 0 Å². The summed E-state index contributed by atoms with van der Waals surface area (Å²) in [4.78, 5) is 14.2. The number of nitrogens with zero attached hydrogens (tertiary/aromatic N) is 1. The van der Waals surface area contributed by atoms with Crippen LogP contribution in [0.5, 0.6) is 0 Å². The van der Waals surface area contributed by atoms with Gasteiger partial charge in [0, 0.05) is 18.4 Å². The van der Waals surface area contributed by atoms with Gasteiger partial charge in [0.2, 0.25) is 0 Å². The zero-order valence-corrected chi connectivity index (χ0v) is 11.3. The highest BCUT2D eigenvalue weighted by atomic mass is 79.9. The predicted molar refractivity (Wildman–Crippen MR) is 68.8 cm³/mol. The normalized spacial score (nSPS) is 23.0. The average Bonchev–Trinajstić information content (AvgIpc) is 2.26. The second-order valence-electron chi connectivity index (χ2n) is 4.60. The Morgan fingerprint density at radius 2 is 2.12 bits per heavy atom.